The van der Waals surface area contributed by atoms with Crippen LogP contribution in [-0.2, 0) is 14.4 Å². The Hall–Kier alpha value is -1.28. The molecule has 0 aromatic heterocycles. The Kier molecular flexibility index (Phi) is 3.73. The van der Waals surface area contributed by atoms with Gasteiger partial charge in [0, 0.05) is 12.2 Å². The number of carbonyl (C=O) groups excluding carboxylic acids is 2. The number of hydrogen-bond donors (Lipinski definition) is 3. The minimum Gasteiger partial charge on any atom is -0.480 e. The first-order valence-electron chi connectivity index (χ1n) is 5.99. The lowest BCUT2D eigenvalue weighted by atomic mass is 10.2. The molecule has 2 fully saturated rings. The van der Waals surface area contributed by atoms with Crippen molar-refractivity contribution in [3.05, 3.63) is 0 Å². The lowest BCUT2D eigenvalue weighted by Crippen LogP contribution is -2.54. The number of fused-ring (bicyclic) bond motifs is 1. The molecule has 2 saturated heterocycles. The normalized spacial score (nSPS) is 31.2. The average Bonchev–Trinajstić information content (AvgIpc) is 2.83. The fourth-order valence-electron chi connectivity index (χ4n) is 2.47. The third-order valence-corrected chi connectivity index (χ3v) is 5.05. The zero-order chi connectivity index (χ0) is 14.2. The molecule has 2 aliphatic rings. The monoisotopic (exact) mass is 288 g/mol. The summed E-state index contributed by atoms with van der Waals surface area (Å²) in [6.45, 7) is 1.24. The van der Waals surface area contributed by atoms with Crippen molar-refractivity contribution in [3.8, 4) is 0 Å². The van der Waals surface area contributed by atoms with E-state index in [0.29, 0.717) is 18.6 Å². The number of nitrogens with zero attached hydrogens (tertiary/aromatic N) is 1. The van der Waals surface area contributed by atoms with Crippen LogP contribution in [-0.4, -0.2) is 62.2 Å². The van der Waals surface area contributed by atoms with Crippen molar-refractivity contribution in [1.29, 1.82) is 0 Å². The topological polar surface area (TPSA) is 107 Å². The zero-order valence-electron chi connectivity index (χ0n) is 10.5. The van der Waals surface area contributed by atoms with Crippen molar-refractivity contribution in [3.63, 3.8) is 0 Å². The molecule has 2 aliphatic heterocycles. The third-order valence-electron chi connectivity index (χ3n) is 3.54. The van der Waals surface area contributed by atoms with Crippen molar-refractivity contribution < 1.29 is 24.6 Å². The van der Waals surface area contributed by atoms with Crippen LogP contribution in [0, 0.1) is 0 Å². The molecule has 0 aliphatic carbocycles. The highest BCUT2D eigenvalue weighted by Gasteiger charge is 2.53. The molecule has 3 N–H and O–H groups in total. The van der Waals surface area contributed by atoms with Gasteiger partial charge in [0.15, 0.2) is 0 Å². The van der Waals surface area contributed by atoms with Gasteiger partial charge < -0.3 is 20.4 Å². The number of rotatable bonds is 4. The van der Waals surface area contributed by atoms with E-state index in [2.05, 4.69) is 5.32 Å². The van der Waals surface area contributed by atoms with E-state index in [-0.39, 0.29) is 10.8 Å². The molecule has 7 nitrogen and oxygen atoms in total. The van der Waals surface area contributed by atoms with Crippen LogP contribution in [0.25, 0.3) is 0 Å². The van der Waals surface area contributed by atoms with Gasteiger partial charge in [0.05, 0.1) is 11.5 Å². The van der Waals surface area contributed by atoms with Gasteiger partial charge in [-0.2, -0.15) is 0 Å². The standard InChI is InChI=1S/C11H16N2O5S/c1-11-3-2-8(15)13(11)7(5-19-11)9(16)12-6(4-14)10(17)18/h6-7,14H,2-5H2,1H3,(H,12,16)(H,17,18)/t6-,7?,11?/m0/s1. The van der Waals surface area contributed by atoms with Gasteiger partial charge in [-0.3, -0.25) is 9.59 Å². The van der Waals surface area contributed by atoms with Crippen molar-refractivity contribution in [2.75, 3.05) is 12.4 Å². The minimum atomic E-state index is -1.33. The lowest BCUT2D eigenvalue weighted by molar-refractivity contribution is -0.144. The number of aliphatic carboxylic acids is 1. The number of carboxylic acid groups (broad SMARTS) is 1. The highest BCUT2D eigenvalue weighted by molar-refractivity contribution is 8.01. The van der Waals surface area contributed by atoms with Gasteiger partial charge in [0.1, 0.15) is 12.1 Å². The van der Waals surface area contributed by atoms with Crippen molar-refractivity contribution in [2.45, 2.75) is 36.7 Å². The summed E-state index contributed by atoms with van der Waals surface area (Å²) >= 11 is 1.53. The summed E-state index contributed by atoms with van der Waals surface area (Å²) in [4.78, 5) is 35.8. The van der Waals surface area contributed by atoms with E-state index in [1.807, 2.05) is 6.92 Å². The summed E-state index contributed by atoms with van der Waals surface area (Å²) in [6, 6.07) is -1.99. The van der Waals surface area contributed by atoms with Crippen LogP contribution < -0.4 is 5.32 Å². The number of aliphatic hydroxyl groups excluding tert-OH is 1. The molecular weight excluding hydrogens is 272 g/mol. The molecule has 2 heterocycles. The maximum absolute atomic E-state index is 12.1. The molecule has 0 spiro atoms. The minimum absolute atomic E-state index is 0.0801. The van der Waals surface area contributed by atoms with Gasteiger partial charge in [-0.1, -0.05) is 0 Å². The third kappa shape index (κ3) is 2.42. The van der Waals surface area contributed by atoms with Crippen LogP contribution >= 0.6 is 11.8 Å². The molecule has 3 atom stereocenters. The molecule has 0 saturated carbocycles. The van der Waals surface area contributed by atoms with Crippen LogP contribution in [0.3, 0.4) is 0 Å². The Morgan fingerprint density at radius 2 is 2.32 bits per heavy atom. The highest BCUT2D eigenvalue weighted by atomic mass is 32.2. The smallest absolute Gasteiger partial charge is 0.328 e. The first kappa shape index (κ1) is 14.1. The summed E-state index contributed by atoms with van der Waals surface area (Å²) in [5.41, 5.74) is 0. The predicted molar refractivity (Wildman–Crippen MR) is 67.4 cm³/mol. The lowest BCUT2D eigenvalue weighted by Gasteiger charge is -2.30. The SMILES string of the molecule is CC12CCC(=O)N1C(C(=O)N[C@@H](CO)C(=O)O)CS2. The molecule has 8 heteroatoms. The highest BCUT2D eigenvalue weighted by Crippen LogP contribution is 2.47. The molecule has 0 aromatic carbocycles. The number of thioether (sulfide) groups is 1. The Bertz CT molecular complexity index is 429. The van der Waals surface area contributed by atoms with Crippen LogP contribution in [0.1, 0.15) is 19.8 Å². The molecule has 19 heavy (non-hydrogen) atoms. The Morgan fingerprint density at radius 1 is 1.63 bits per heavy atom. The molecule has 0 aromatic rings. The van der Waals surface area contributed by atoms with Gasteiger partial charge in [0.2, 0.25) is 11.8 Å². The molecule has 2 rings (SSSR count). The second kappa shape index (κ2) is 5.01. The summed E-state index contributed by atoms with van der Waals surface area (Å²) < 4.78 is 0. The van der Waals surface area contributed by atoms with Gasteiger partial charge in [-0.25, -0.2) is 4.79 Å². The Balaban J connectivity index is 2.08. The number of nitrogens with one attached hydrogen (secondary N) is 1. The second-order valence-corrected chi connectivity index (χ2v) is 6.35. The zero-order valence-corrected chi connectivity index (χ0v) is 11.3. The summed E-state index contributed by atoms with van der Waals surface area (Å²) in [6.07, 6.45) is 1.11. The molecule has 2 amide bonds. The Labute approximate surface area is 114 Å². The fourth-order valence-corrected chi connectivity index (χ4v) is 3.90. The molecular formula is C11H16N2O5S. The maximum atomic E-state index is 12.1. The van der Waals surface area contributed by atoms with E-state index in [0.717, 1.165) is 0 Å². The van der Waals surface area contributed by atoms with Gasteiger partial charge in [-0.15, -0.1) is 11.8 Å². The maximum Gasteiger partial charge on any atom is 0.328 e. The van der Waals surface area contributed by atoms with Crippen molar-refractivity contribution in [1.82, 2.24) is 10.2 Å². The Morgan fingerprint density at radius 3 is 2.89 bits per heavy atom. The summed E-state index contributed by atoms with van der Waals surface area (Å²) in [5, 5.41) is 20.0. The number of amides is 2. The fraction of sp³-hybridized carbons (Fsp3) is 0.727. The predicted octanol–water partition coefficient (Wildman–Crippen LogP) is -0.998. The summed E-state index contributed by atoms with van der Waals surface area (Å²) in [7, 11) is 0. The molecule has 106 valence electrons. The second-order valence-electron chi connectivity index (χ2n) is 4.85. The van der Waals surface area contributed by atoms with Gasteiger partial charge in [0.25, 0.3) is 0 Å². The van der Waals surface area contributed by atoms with Crippen molar-refractivity contribution >= 4 is 29.5 Å². The van der Waals surface area contributed by atoms with E-state index >= 15 is 0 Å². The molecule has 2 unspecified atom stereocenters. The average molecular weight is 288 g/mol. The number of aliphatic hydroxyl groups is 1. The number of hydrogen-bond acceptors (Lipinski definition) is 5. The van der Waals surface area contributed by atoms with E-state index in [1.165, 1.54) is 11.8 Å². The van der Waals surface area contributed by atoms with Crippen LogP contribution in [0.5, 0.6) is 0 Å². The molecule has 0 radical (unpaired) electrons. The van der Waals surface area contributed by atoms with Crippen molar-refractivity contribution in [2.24, 2.45) is 0 Å². The number of carboxylic acids is 1. The first-order valence-corrected chi connectivity index (χ1v) is 6.98. The largest absolute Gasteiger partial charge is 0.480 e. The van der Waals surface area contributed by atoms with E-state index in [1.54, 1.807) is 4.90 Å². The number of carbonyl (C=O) groups is 3. The quantitative estimate of drug-likeness (QED) is 0.613. The summed E-state index contributed by atoms with van der Waals surface area (Å²) in [5.74, 6) is -1.44. The van der Waals surface area contributed by atoms with E-state index in [9.17, 15) is 14.4 Å². The molecule has 0 bridgehead atoms. The van der Waals surface area contributed by atoms with Crippen LogP contribution in [0.15, 0.2) is 0 Å². The van der Waals surface area contributed by atoms with E-state index in [4.69, 9.17) is 10.2 Å². The first-order chi connectivity index (χ1) is 8.89. The van der Waals surface area contributed by atoms with Crippen LogP contribution in [0.4, 0.5) is 0 Å². The van der Waals surface area contributed by atoms with Crippen LogP contribution in [0.2, 0.25) is 0 Å². The van der Waals surface area contributed by atoms with Gasteiger partial charge in [-0.05, 0) is 13.3 Å². The van der Waals surface area contributed by atoms with Gasteiger partial charge >= 0.3 is 5.97 Å². The van der Waals surface area contributed by atoms with E-state index < -0.39 is 30.6 Å².